The van der Waals surface area contributed by atoms with Crippen molar-refractivity contribution >= 4 is 34.8 Å². The molecule has 0 aromatic heterocycles. The van der Waals surface area contributed by atoms with Gasteiger partial charge in [0.2, 0.25) is 5.91 Å². The van der Waals surface area contributed by atoms with Crippen LogP contribution in [-0.4, -0.2) is 39.4 Å². The number of carbonyl (C=O) groups excluding carboxylic acids is 2. The predicted molar refractivity (Wildman–Crippen MR) is 136 cm³/mol. The number of benzene rings is 3. The Morgan fingerprint density at radius 3 is 2.09 bits per heavy atom. The maximum absolute atomic E-state index is 13.4. The lowest BCUT2D eigenvalue weighted by molar-refractivity contribution is -0.131. The van der Waals surface area contributed by atoms with Crippen LogP contribution in [0.2, 0.25) is 0 Å². The van der Waals surface area contributed by atoms with Gasteiger partial charge in [0, 0.05) is 12.2 Å². The third-order valence-corrected chi connectivity index (χ3v) is 6.07. The number of anilines is 1. The Kier molecular flexibility index (Phi) is 7.54. The lowest BCUT2D eigenvalue weighted by atomic mass is 10.1. The van der Waals surface area contributed by atoms with Crippen molar-refractivity contribution in [1.82, 2.24) is 9.80 Å². The SMILES string of the molecule is CCOc1ccc(NC(=O)CC2C(=O)N(Cc3ccccc3)C(=S)N2Cc2ccccc2)cc1. The molecular weight excluding hydrogens is 446 g/mol. The fourth-order valence-corrected chi connectivity index (χ4v) is 4.30. The maximum atomic E-state index is 13.4. The molecule has 1 fully saturated rings. The van der Waals surface area contributed by atoms with E-state index in [1.807, 2.05) is 72.5 Å². The van der Waals surface area contributed by atoms with Crippen LogP contribution in [0.5, 0.6) is 5.75 Å². The lowest BCUT2D eigenvalue weighted by Crippen LogP contribution is -2.37. The first-order valence-corrected chi connectivity index (χ1v) is 11.7. The smallest absolute Gasteiger partial charge is 0.252 e. The van der Waals surface area contributed by atoms with Gasteiger partial charge in [-0.05, 0) is 54.5 Å². The summed E-state index contributed by atoms with van der Waals surface area (Å²) in [6.07, 6.45) is 0.00427. The predicted octanol–water partition coefficient (Wildman–Crippen LogP) is 4.61. The second-order valence-corrected chi connectivity index (χ2v) is 8.40. The molecule has 3 aromatic rings. The Labute approximate surface area is 205 Å². The number of amides is 2. The van der Waals surface area contributed by atoms with E-state index in [4.69, 9.17) is 17.0 Å². The molecule has 0 radical (unpaired) electrons. The molecule has 0 aliphatic carbocycles. The van der Waals surface area contributed by atoms with E-state index in [1.54, 1.807) is 29.2 Å². The van der Waals surface area contributed by atoms with Crippen molar-refractivity contribution in [2.24, 2.45) is 0 Å². The summed E-state index contributed by atoms with van der Waals surface area (Å²) in [5.41, 5.74) is 2.66. The molecule has 0 spiro atoms. The van der Waals surface area contributed by atoms with Gasteiger partial charge in [0.1, 0.15) is 11.8 Å². The van der Waals surface area contributed by atoms with Gasteiger partial charge in [0.25, 0.3) is 5.91 Å². The van der Waals surface area contributed by atoms with Crippen LogP contribution < -0.4 is 10.1 Å². The van der Waals surface area contributed by atoms with Gasteiger partial charge in [-0.15, -0.1) is 0 Å². The van der Waals surface area contributed by atoms with Crippen molar-refractivity contribution in [3.63, 3.8) is 0 Å². The van der Waals surface area contributed by atoms with Crippen LogP contribution in [0.15, 0.2) is 84.9 Å². The summed E-state index contributed by atoms with van der Waals surface area (Å²) in [6.45, 7) is 3.33. The minimum absolute atomic E-state index is 0.00427. The molecule has 1 atom stereocenters. The van der Waals surface area contributed by atoms with E-state index in [2.05, 4.69) is 5.32 Å². The number of hydrogen-bond donors (Lipinski definition) is 1. The summed E-state index contributed by atoms with van der Waals surface area (Å²) in [5.74, 6) is 0.332. The van der Waals surface area contributed by atoms with Gasteiger partial charge in [-0.25, -0.2) is 0 Å². The number of thiocarbonyl (C=S) groups is 1. The topological polar surface area (TPSA) is 61.9 Å². The monoisotopic (exact) mass is 473 g/mol. The molecule has 1 saturated heterocycles. The first-order chi connectivity index (χ1) is 16.5. The van der Waals surface area contributed by atoms with Gasteiger partial charge < -0.3 is 15.0 Å². The van der Waals surface area contributed by atoms with Crippen molar-refractivity contribution in [2.75, 3.05) is 11.9 Å². The average Bonchev–Trinajstić information content (AvgIpc) is 3.06. The minimum atomic E-state index is -0.667. The third kappa shape index (κ3) is 5.61. The largest absolute Gasteiger partial charge is 0.494 e. The normalized spacial score (nSPS) is 15.5. The Balaban J connectivity index is 1.51. The van der Waals surface area contributed by atoms with Crippen LogP contribution in [0.4, 0.5) is 5.69 Å². The van der Waals surface area contributed by atoms with Gasteiger partial charge in [0.05, 0.1) is 19.6 Å². The van der Waals surface area contributed by atoms with Crippen LogP contribution >= 0.6 is 12.2 Å². The number of nitrogens with one attached hydrogen (secondary N) is 1. The molecule has 7 heteroatoms. The third-order valence-electron chi connectivity index (χ3n) is 5.61. The van der Waals surface area contributed by atoms with E-state index in [9.17, 15) is 9.59 Å². The molecular formula is C27H27N3O3S. The molecule has 1 heterocycles. The van der Waals surface area contributed by atoms with Crippen molar-refractivity contribution in [1.29, 1.82) is 0 Å². The van der Waals surface area contributed by atoms with E-state index < -0.39 is 6.04 Å². The molecule has 1 aliphatic rings. The molecule has 34 heavy (non-hydrogen) atoms. The summed E-state index contributed by atoms with van der Waals surface area (Å²) in [5, 5.41) is 3.33. The highest BCUT2D eigenvalue weighted by Crippen LogP contribution is 2.26. The van der Waals surface area contributed by atoms with Crippen LogP contribution in [0.1, 0.15) is 24.5 Å². The standard InChI is InChI=1S/C27H27N3O3S/c1-2-33-23-15-13-22(14-16-23)28-25(31)17-24-26(32)30(19-21-11-7-4-8-12-21)27(34)29(24)18-20-9-5-3-6-10-20/h3-16,24H,2,17-19H2,1H3,(H,28,31). The molecule has 6 nitrogen and oxygen atoms in total. The quantitative estimate of drug-likeness (QED) is 0.460. The molecule has 3 aromatic carbocycles. The number of ether oxygens (including phenoxy) is 1. The van der Waals surface area contributed by atoms with E-state index in [1.165, 1.54) is 0 Å². The van der Waals surface area contributed by atoms with Gasteiger partial charge in [-0.3, -0.25) is 14.5 Å². The van der Waals surface area contributed by atoms with Crippen molar-refractivity contribution in [2.45, 2.75) is 32.5 Å². The number of nitrogens with zero attached hydrogens (tertiary/aromatic N) is 2. The number of hydrogen-bond acceptors (Lipinski definition) is 4. The molecule has 1 unspecified atom stereocenters. The fraction of sp³-hybridized carbons (Fsp3) is 0.222. The zero-order valence-corrected chi connectivity index (χ0v) is 19.8. The Hall–Kier alpha value is -3.71. The van der Waals surface area contributed by atoms with E-state index in [0.717, 1.165) is 16.9 Å². The summed E-state index contributed by atoms with van der Waals surface area (Å²) >= 11 is 5.72. The average molecular weight is 474 g/mol. The summed E-state index contributed by atoms with van der Waals surface area (Å²) in [4.78, 5) is 29.8. The Bertz CT molecular complexity index is 1140. The first kappa shape index (κ1) is 23.4. The van der Waals surface area contributed by atoms with Gasteiger partial charge in [-0.1, -0.05) is 60.7 Å². The van der Waals surface area contributed by atoms with Crippen molar-refractivity contribution < 1.29 is 14.3 Å². The number of rotatable bonds is 9. The van der Waals surface area contributed by atoms with Gasteiger partial charge in [0.15, 0.2) is 5.11 Å². The summed E-state index contributed by atoms with van der Waals surface area (Å²) in [6, 6.07) is 26.1. The summed E-state index contributed by atoms with van der Waals surface area (Å²) in [7, 11) is 0. The number of carbonyl (C=O) groups is 2. The molecule has 174 valence electrons. The second kappa shape index (κ2) is 10.9. The highest BCUT2D eigenvalue weighted by atomic mass is 32.1. The molecule has 0 bridgehead atoms. The molecule has 1 N–H and O–H groups in total. The van der Waals surface area contributed by atoms with Gasteiger partial charge >= 0.3 is 0 Å². The fourth-order valence-electron chi connectivity index (χ4n) is 3.95. The summed E-state index contributed by atoms with van der Waals surface area (Å²) < 4.78 is 5.45. The molecule has 2 amide bonds. The van der Waals surface area contributed by atoms with Crippen molar-refractivity contribution in [3.8, 4) is 5.75 Å². The molecule has 0 saturated carbocycles. The zero-order valence-electron chi connectivity index (χ0n) is 19.0. The zero-order chi connectivity index (χ0) is 23.9. The van der Waals surface area contributed by atoms with Crippen LogP contribution in [0, 0.1) is 0 Å². The minimum Gasteiger partial charge on any atom is -0.494 e. The lowest BCUT2D eigenvalue weighted by Gasteiger charge is -2.24. The highest BCUT2D eigenvalue weighted by Gasteiger charge is 2.43. The Morgan fingerprint density at radius 1 is 0.912 bits per heavy atom. The van der Waals surface area contributed by atoms with Crippen molar-refractivity contribution in [3.05, 3.63) is 96.1 Å². The molecule has 1 aliphatic heterocycles. The first-order valence-electron chi connectivity index (χ1n) is 11.3. The van der Waals surface area contributed by atoms with E-state index >= 15 is 0 Å². The van der Waals surface area contributed by atoms with Gasteiger partial charge in [-0.2, -0.15) is 0 Å². The Morgan fingerprint density at radius 2 is 1.50 bits per heavy atom. The van der Waals surface area contributed by atoms with Crippen LogP contribution in [-0.2, 0) is 22.7 Å². The molecule has 4 rings (SSSR count). The second-order valence-electron chi connectivity index (χ2n) is 8.03. The highest BCUT2D eigenvalue weighted by molar-refractivity contribution is 7.80. The van der Waals surface area contributed by atoms with E-state index in [0.29, 0.717) is 30.5 Å². The van der Waals surface area contributed by atoms with Crippen LogP contribution in [0.3, 0.4) is 0 Å². The van der Waals surface area contributed by atoms with E-state index in [-0.39, 0.29) is 18.2 Å². The maximum Gasteiger partial charge on any atom is 0.252 e. The van der Waals surface area contributed by atoms with Crippen LogP contribution in [0.25, 0.3) is 0 Å².